The first kappa shape index (κ1) is 80.9. The summed E-state index contributed by atoms with van der Waals surface area (Å²) in [6, 6.07) is 17.0. The molecule has 0 spiro atoms. The van der Waals surface area contributed by atoms with E-state index in [1.807, 2.05) is 110 Å². The number of aromatic nitrogens is 1. The molecule has 3 aliphatic heterocycles. The van der Waals surface area contributed by atoms with Gasteiger partial charge >= 0.3 is 12.0 Å². The van der Waals surface area contributed by atoms with Crippen molar-refractivity contribution in [3.05, 3.63) is 78.0 Å². The van der Waals surface area contributed by atoms with E-state index in [0.29, 0.717) is 18.5 Å². The van der Waals surface area contributed by atoms with Crippen molar-refractivity contribution < 1.29 is 87.5 Å². The summed E-state index contributed by atoms with van der Waals surface area (Å²) in [4.78, 5) is 87.7. The third kappa shape index (κ3) is 21.4. The number of esters is 1. The summed E-state index contributed by atoms with van der Waals surface area (Å²) in [6.07, 6.45) is -10.2. The Morgan fingerprint density at radius 2 is 1.44 bits per heavy atom. The van der Waals surface area contributed by atoms with Gasteiger partial charge in [-0.25, -0.2) is 9.78 Å². The van der Waals surface area contributed by atoms with Crippen LogP contribution in [0.4, 0.5) is 4.79 Å². The van der Waals surface area contributed by atoms with E-state index in [4.69, 9.17) is 38.9 Å². The Morgan fingerprint density at radius 1 is 0.812 bits per heavy atom. The van der Waals surface area contributed by atoms with Crippen LogP contribution in [0.5, 0.6) is 0 Å². The second-order valence-electron chi connectivity index (χ2n) is 29.1. The Morgan fingerprint density at radius 3 is 2.02 bits per heavy atom. The number of methoxy groups -OCH3 is 2. The Balaban J connectivity index is 0.000000352. The number of benzene rings is 2. The summed E-state index contributed by atoms with van der Waals surface area (Å²) in [7, 11) is 6.77. The number of hydrogen-bond acceptors (Lipinski definition) is 20. The minimum absolute atomic E-state index is 0.0638. The van der Waals surface area contributed by atoms with Gasteiger partial charge in [-0.3, -0.25) is 24.0 Å². The number of likely N-dealkylation sites (N-methyl/N-ethyl adjacent to an activating group) is 1. The lowest BCUT2D eigenvalue weighted by Gasteiger charge is -2.50. The van der Waals surface area contributed by atoms with E-state index in [1.165, 1.54) is 32.1 Å². The van der Waals surface area contributed by atoms with Crippen LogP contribution in [0.2, 0.25) is 0 Å². The van der Waals surface area contributed by atoms with Crippen molar-refractivity contribution in [3.63, 3.8) is 0 Å². The second-order valence-corrected chi connectivity index (χ2v) is 29.1. The summed E-state index contributed by atoms with van der Waals surface area (Å²) < 4.78 is 43.9. The molecule has 25 nitrogen and oxygen atoms in total. The Bertz CT molecular complexity index is 3030. The molecule has 0 saturated carbocycles. The summed E-state index contributed by atoms with van der Waals surface area (Å²) >= 11 is 0. The number of hydrogen-bond donors (Lipinski definition) is 9. The third-order valence-electron chi connectivity index (χ3n) is 19.0. The molecule has 0 aliphatic carbocycles. The highest BCUT2D eigenvalue weighted by molar-refractivity contribution is 5.99. The van der Waals surface area contributed by atoms with Crippen LogP contribution in [0, 0.1) is 29.6 Å². The van der Waals surface area contributed by atoms with Crippen LogP contribution in [-0.2, 0) is 58.8 Å². The van der Waals surface area contributed by atoms with Gasteiger partial charge in [0.2, 0.25) is 11.8 Å². The molecular weight excluding hydrogens is 1240 g/mol. The molecule has 4 heterocycles. The van der Waals surface area contributed by atoms with Crippen molar-refractivity contribution in [1.82, 2.24) is 30.7 Å². The number of nitrogens with one attached hydrogen (secondary N) is 3. The molecule has 5 amide bonds. The van der Waals surface area contributed by atoms with Crippen molar-refractivity contribution in [2.75, 3.05) is 41.4 Å². The van der Waals surface area contributed by atoms with E-state index < -0.39 is 150 Å². The average molecular weight is 1350 g/mol. The molecule has 2 aromatic carbocycles. The van der Waals surface area contributed by atoms with Crippen LogP contribution in [0.15, 0.2) is 66.7 Å². The molecule has 10 N–H and O–H groups in total. The number of aliphatic hydroxyl groups is 5. The Kier molecular flexibility index (Phi) is 29.3. The van der Waals surface area contributed by atoms with Crippen LogP contribution in [0.1, 0.15) is 152 Å². The molecule has 0 unspecified atom stereocenters. The Labute approximate surface area is 567 Å². The number of ether oxygens (including phenoxy) is 7. The fraction of sp³-hybridized carbons (Fsp3) is 0.704. The van der Waals surface area contributed by atoms with Crippen LogP contribution in [0.3, 0.4) is 0 Å². The standard InChI is InChI=1S/C38H69NO13.C33H44N6O5/c1-15-26-38(10,45)31(42)21(4)28(40)19(2)17-37(9,47-14)33(52-35-29(41)25(39(11)12)16-20(3)48-35)22(5)30(23(6)34(44)50-26)51-27-18-36(8,46-13)32(43)24(7)49-27;1-21(2)19-39(32(44)38-33(3,4)5)20-28(40)26(17-22-11-7-6-8-12-22)36-31(43)27(18-29(34)41)37-30(42)25-16-15-23-13-9-10-14-24(23)35-25/h19-27,29-33,35,41-43,45H,15-18H2,1-14H3;6-16,21,26-28,40H,17-20H2,1-5H3,(H2,34,41)(H,36,43)(H,37,42)(H,38,44)/t19-,20-,21+,22+,23-,24+,25+,26-,27+,29-,30+,31-,32+,33-,35+,36-,37-,38-;26-,27-,28+/m10/s1. The Hall–Kier alpha value is -5.81. The molecule has 6 rings (SSSR count). The van der Waals surface area contributed by atoms with Crippen LogP contribution >= 0.6 is 0 Å². The maximum atomic E-state index is 14.2. The first-order chi connectivity index (χ1) is 44.7. The zero-order chi connectivity index (χ0) is 72.1. The molecule has 21 atom stereocenters. The fourth-order valence-corrected chi connectivity index (χ4v) is 13.3. The molecular formula is C71H113N7O18. The molecule has 3 aliphatic rings. The van der Waals surface area contributed by atoms with E-state index in [1.54, 1.807) is 66.7 Å². The lowest BCUT2D eigenvalue weighted by Crippen LogP contribution is -2.61. The largest absolute Gasteiger partial charge is 0.459 e. The van der Waals surface area contributed by atoms with Gasteiger partial charge < -0.3 is 90.2 Å². The molecule has 96 heavy (non-hydrogen) atoms. The number of primary amides is 1. The van der Waals surface area contributed by atoms with Crippen molar-refractivity contribution >= 4 is 46.4 Å². The highest BCUT2D eigenvalue weighted by Crippen LogP contribution is 2.42. The van der Waals surface area contributed by atoms with Gasteiger partial charge in [-0.15, -0.1) is 0 Å². The number of nitrogens with zero attached hydrogens (tertiary/aromatic N) is 3. The highest BCUT2D eigenvalue weighted by Gasteiger charge is 2.54. The number of Topliss-reactive ketones (excluding diaryl/α,β-unsaturated/α-hetero) is 1. The lowest BCUT2D eigenvalue weighted by molar-refractivity contribution is -0.319. The molecule has 3 saturated heterocycles. The van der Waals surface area contributed by atoms with Gasteiger partial charge in [0, 0.05) is 61.9 Å². The van der Waals surface area contributed by atoms with Crippen LogP contribution in [0.25, 0.3) is 10.9 Å². The number of ketones is 1. The predicted octanol–water partition coefficient (Wildman–Crippen LogP) is 5.20. The number of rotatable bonds is 21. The predicted molar refractivity (Wildman–Crippen MR) is 361 cm³/mol. The smallest absolute Gasteiger partial charge is 0.317 e. The minimum atomic E-state index is -1.96. The first-order valence-corrected chi connectivity index (χ1v) is 33.6. The maximum absolute atomic E-state index is 14.2. The topological polar surface area (TPSA) is 350 Å². The summed E-state index contributed by atoms with van der Waals surface area (Å²) in [5, 5.41) is 66.2. The number of carbonyl (C=O) groups is 6. The molecule has 3 fully saturated rings. The fourth-order valence-electron chi connectivity index (χ4n) is 13.3. The summed E-state index contributed by atoms with van der Waals surface area (Å²) in [5.74, 6) is -6.50. The zero-order valence-electron chi connectivity index (χ0n) is 59.9. The minimum Gasteiger partial charge on any atom is -0.459 e. The molecule has 3 aromatic rings. The lowest BCUT2D eigenvalue weighted by atomic mass is 9.74. The number of para-hydroxylation sites is 1. The number of nitrogens with two attached hydrogens (primary N) is 1. The SMILES string of the molecule is CC(C)CN(C[C@@H](O)[C@H](Cc1ccccc1)NC(=O)[C@H](CC(N)=O)NC(=O)c1ccc2ccccc2n1)C(=O)NC(C)(C)C.CC[C@H]1OC(=O)[C@H](C)[C@@H](O[C@H]2C[C@@](C)(OC)[C@@H](O)[C@H](C)O2)[C@H](C)[C@@H](O[C@@H]2O[C@H](C)C[C@H](N(C)C)[C@H]2O)[C@](C)(OC)C[C@@H](C)C(=O)[C@H](C)[C@@H](O)[C@]1(C)O. The molecule has 25 heteroatoms. The van der Waals surface area contributed by atoms with Crippen molar-refractivity contribution in [2.45, 2.75) is 250 Å². The van der Waals surface area contributed by atoms with Crippen LogP contribution in [-0.4, -0.2) is 225 Å². The van der Waals surface area contributed by atoms with E-state index >= 15 is 0 Å². The van der Waals surface area contributed by atoms with E-state index in [2.05, 4.69) is 20.9 Å². The number of carbonyl (C=O) groups excluding carboxylic acids is 6. The number of amides is 5. The number of pyridine rings is 1. The van der Waals surface area contributed by atoms with Gasteiger partial charge in [0.25, 0.3) is 5.91 Å². The third-order valence-corrected chi connectivity index (χ3v) is 19.0. The van der Waals surface area contributed by atoms with Gasteiger partial charge in [0.15, 0.2) is 12.6 Å². The number of fused-ring (bicyclic) bond motifs is 1. The number of aliphatic hydroxyl groups excluding tert-OH is 4. The monoisotopic (exact) mass is 1350 g/mol. The van der Waals surface area contributed by atoms with E-state index in [9.17, 15) is 54.3 Å². The van der Waals surface area contributed by atoms with Gasteiger partial charge in [-0.1, -0.05) is 96.1 Å². The van der Waals surface area contributed by atoms with Gasteiger partial charge in [0.05, 0.1) is 78.3 Å². The molecule has 1 aromatic heterocycles. The summed E-state index contributed by atoms with van der Waals surface area (Å²) in [6.45, 7) is 26.9. The first-order valence-electron chi connectivity index (χ1n) is 33.6. The van der Waals surface area contributed by atoms with Crippen molar-refractivity contribution in [3.8, 4) is 0 Å². The van der Waals surface area contributed by atoms with Crippen LogP contribution < -0.4 is 21.7 Å². The van der Waals surface area contributed by atoms with E-state index in [-0.39, 0.29) is 67.8 Å². The normalized spacial score (nSPS) is 32.8. The number of urea groups is 1. The van der Waals surface area contributed by atoms with Gasteiger partial charge in [0.1, 0.15) is 41.4 Å². The molecule has 540 valence electrons. The second kappa shape index (κ2) is 34.8. The maximum Gasteiger partial charge on any atom is 0.317 e. The van der Waals surface area contributed by atoms with E-state index in [0.717, 1.165) is 10.9 Å². The van der Waals surface area contributed by atoms with Crippen molar-refractivity contribution in [2.24, 2.45) is 35.3 Å². The average Bonchev–Trinajstić information content (AvgIpc) is 0.773. The van der Waals surface area contributed by atoms with Gasteiger partial charge in [-0.2, -0.15) is 0 Å². The van der Waals surface area contributed by atoms with Gasteiger partial charge in [-0.05, 0) is 126 Å². The summed E-state index contributed by atoms with van der Waals surface area (Å²) in [5.41, 5.74) is 2.21. The number of cyclic esters (lactones) is 1. The molecule has 0 bridgehead atoms. The quantitative estimate of drug-likeness (QED) is 0.0619. The molecule has 0 radical (unpaired) electrons. The van der Waals surface area contributed by atoms with Crippen molar-refractivity contribution in [1.29, 1.82) is 0 Å². The highest BCUT2D eigenvalue weighted by atomic mass is 16.7. The zero-order valence-corrected chi connectivity index (χ0v) is 59.9.